The van der Waals surface area contributed by atoms with Crippen LogP contribution < -0.4 is 14.8 Å². The highest BCUT2D eigenvalue weighted by atomic mass is 16.5. The first-order valence-electron chi connectivity index (χ1n) is 8.68. The van der Waals surface area contributed by atoms with E-state index >= 15 is 0 Å². The van der Waals surface area contributed by atoms with Crippen molar-refractivity contribution in [1.82, 2.24) is 20.0 Å². The van der Waals surface area contributed by atoms with E-state index in [1.807, 2.05) is 35.9 Å². The third-order valence-electron chi connectivity index (χ3n) is 4.85. The number of hydrogen-bond donors (Lipinski definition) is 2. The Bertz CT molecular complexity index is 978. The Morgan fingerprint density at radius 3 is 2.74 bits per heavy atom. The van der Waals surface area contributed by atoms with Crippen LogP contribution in [0.2, 0.25) is 0 Å². The molecule has 1 amide bonds. The summed E-state index contributed by atoms with van der Waals surface area (Å²) in [4.78, 5) is 12.3. The van der Waals surface area contributed by atoms with Crippen molar-refractivity contribution in [3.05, 3.63) is 53.0 Å². The first-order chi connectivity index (χ1) is 13.1. The quantitative estimate of drug-likeness (QED) is 0.722. The molecule has 8 heteroatoms. The molecule has 0 bridgehead atoms. The highest BCUT2D eigenvalue weighted by molar-refractivity contribution is 5.94. The van der Waals surface area contributed by atoms with Crippen LogP contribution >= 0.6 is 0 Å². The molecule has 0 radical (unpaired) electrons. The Kier molecular flexibility index (Phi) is 4.31. The van der Waals surface area contributed by atoms with E-state index in [4.69, 9.17) is 9.47 Å². The number of aromatic nitrogens is 4. The molecule has 2 N–H and O–H groups in total. The number of fused-ring (bicyclic) bond motifs is 1. The standard InChI is InChI=1S/C19H21N5O3/c1-11-18-13(14-6-7-20-22-14)9-17(25)21-19(18)24(23-11)10-12-4-5-15(26-2)16(8-12)27-3/h4-8,13H,9-10H2,1-3H3,(H,20,22)(H,21,25). The number of ether oxygens (including phenoxy) is 2. The number of aryl methyl sites for hydroxylation is 1. The molecule has 27 heavy (non-hydrogen) atoms. The molecule has 2 aromatic heterocycles. The molecule has 0 saturated carbocycles. The number of amides is 1. The SMILES string of the molecule is COc1ccc(Cn2nc(C)c3c2NC(=O)CC3c2ccn[nH]2)cc1OC. The molecule has 1 aliphatic heterocycles. The number of rotatable bonds is 5. The molecule has 1 aromatic carbocycles. The van der Waals surface area contributed by atoms with E-state index in [-0.39, 0.29) is 11.8 Å². The molecule has 0 spiro atoms. The van der Waals surface area contributed by atoms with Gasteiger partial charge in [0.25, 0.3) is 0 Å². The highest BCUT2D eigenvalue weighted by Crippen LogP contribution is 2.38. The lowest BCUT2D eigenvalue weighted by molar-refractivity contribution is -0.116. The number of methoxy groups -OCH3 is 2. The molecule has 0 fully saturated rings. The summed E-state index contributed by atoms with van der Waals surface area (Å²) < 4.78 is 12.5. The van der Waals surface area contributed by atoms with Crippen LogP contribution in [-0.2, 0) is 11.3 Å². The van der Waals surface area contributed by atoms with Crippen LogP contribution in [0.3, 0.4) is 0 Å². The van der Waals surface area contributed by atoms with Crippen LogP contribution in [0.4, 0.5) is 5.82 Å². The van der Waals surface area contributed by atoms with Crippen LogP contribution in [-0.4, -0.2) is 40.1 Å². The number of nitrogens with zero attached hydrogens (tertiary/aromatic N) is 3. The van der Waals surface area contributed by atoms with Gasteiger partial charge in [0.2, 0.25) is 5.91 Å². The Morgan fingerprint density at radius 1 is 1.22 bits per heavy atom. The fourth-order valence-electron chi connectivity index (χ4n) is 3.61. The highest BCUT2D eigenvalue weighted by Gasteiger charge is 2.33. The zero-order chi connectivity index (χ0) is 19.0. The fraction of sp³-hybridized carbons (Fsp3) is 0.316. The van der Waals surface area contributed by atoms with Crippen molar-refractivity contribution < 1.29 is 14.3 Å². The van der Waals surface area contributed by atoms with Crippen molar-refractivity contribution in [3.8, 4) is 11.5 Å². The average molecular weight is 367 g/mol. The van der Waals surface area contributed by atoms with Crippen molar-refractivity contribution in [2.75, 3.05) is 19.5 Å². The lowest BCUT2D eigenvalue weighted by Gasteiger charge is -2.23. The molecule has 3 aromatic rings. The van der Waals surface area contributed by atoms with Crippen LogP contribution in [0.5, 0.6) is 11.5 Å². The summed E-state index contributed by atoms with van der Waals surface area (Å²) >= 11 is 0. The number of anilines is 1. The van der Waals surface area contributed by atoms with Gasteiger partial charge in [-0.15, -0.1) is 0 Å². The minimum Gasteiger partial charge on any atom is -0.493 e. The average Bonchev–Trinajstić information content (AvgIpc) is 3.30. The monoisotopic (exact) mass is 367 g/mol. The maximum Gasteiger partial charge on any atom is 0.226 e. The predicted molar refractivity (Wildman–Crippen MR) is 99.3 cm³/mol. The van der Waals surface area contributed by atoms with Crippen LogP contribution in [0.25, 0.3) is 0 Å². The van der Waals surface area contributed by atoms with Gasteiger partial charge in [-0.3, -0.25) is 9.89 Å². The molecule has 0 saturated heterocycles. The molecule has 1 unspecified atom stereocenters. The van der Waals surface area contributed by atoms with Gasteiger partial charge in [-0.1, -0.05) is 6.07 Å². The van der Waals surface area contributed by atoms with Gasteiger partial charge in [0, 0.05) is 29.8 Å². The Labute approximate surface area is 156 Å². The van der Waals surface area contributed by atoms with Crippen molar-refractivity contribution in [2.45, 2.75) is 25.8 Å². The largest absolute Gasteiger partial charge is 0.493 e. The number of H-pyrrole nitrogens is 1. The number of carbonyl (C=O) groups is 1. The first kappa shape index (κ1) is 17.1. The minimum atomic E-state index is -0.0737. The first-order valence-corrected chi connectivity index (χ1v) is 8.68. The van der Waals surface area contributed by atoms with Crippen molar-refractivity contribution in [2.24, 2.45) is 0 Å². The van der Waals surface area contributed by atoms with Gasteiger partial charge in [-0.2, -0.15) is 10.2 Å². The second-order valence-corrected chi connectivity index (χ2v) is 6.51. The summed E-state index contributed by atoms with van der Waals surface area (Å²) in [5.41, 5.74) is 3.83. The second kappa shape index (κ2) is 6.79. The minimum absolute atomic E-state index is 0.0319. The Morgan fingerprint density at radius 2 is 2.04 bits per heavy atom. The summed E-state index contributed by atoms with van der Waals surface area (Å²) in [6.45, 7) is 2.47. The van der Waals surface area contributed by atoms with Gasteiger partial charge in [-0.25, -0.2) is 4.68 Å². The summed E-state index contributed by atoms with van der Waals surface area (Å²) in [5.74, 6) is 1.96. The molecule has 1 atom stereocenters. The van der Waals surface area contributed by atoms with Gasteiger partial charge in [0.05, 0.1) is 26.5 Å². The van der Waals surface area contributed by atoms with Gasteiger partial charge >= 0.3 is 0 Å². The van der Waals surface area contributed by atoms with Crippen molar-refractivity contribution in [1.29, 1.82) is 0 Å². The zero-order valence-corrected chi connectivity index (χ0v) is 15.4. The van der Waals surface area contributed by atoms with Crippen molar-refractivity contribution >= 4 is 11.7 Å². The number of carbonyl (C=O) groups excluding carboxylic acids is 1. The van der Waals surface area contributed by atoms with E-state index in [9.17, 15) is 4.79 Å². The molecule has 0 aliphatic carbocycles. The molecule has 1 aliphatic rings. The maximum absolute atomic E-state index is 12.3. The molecule has 3 heterocycles. The smallest absolute Gasteiger partial charge is 0.226 e. The van der Waals surface area contributed by atoms with Crippen molar-refractivity contribution in [3.63, 3.8) is 0 Å². The van der Waals surface area contributed by atoms with Gasteiger partial charge < -0.3 is 14.8 Å². The summed E-state index contributed by atoms with van der Waals surface area (Å²) in [6, 6.07) is 7.64. The lowest BCUT2D eigenvalue weighted by atomic mass is 9.89. The maximum atomic E-state index is 12.3. The Hall–Kier alpha value is -3.29. The van der Waals surface area contributed by atoms with Gasteiger partial charge in [-0.05, 0) is 30.7 Å². The third-order valence-corrected chi connectivity index (χ3v) is 4.85. The third kappa shape index (κ3) is 3.03. The van der Waals surface area contributed by atoms with E-state index < -0.39 is 0 Å². The number of hydrogen-bond acceptors (Lipinski definition) is 5. The topological polar surface area (TPSA) is 94.1 Å². The van der Waals surface area contributed by atoms with E-state index in [2.05, 4.69) is 20.6 Å². The van der Waals surface area contributed by atoms with Gasteiger partial charge in [0.1, 0.15) is 5.82 Å². The Balaban J connectivity index is 1.72. The fourth-order valence-corrected chi connectivity index (χ4v) is 3.61. The van der Waals surface area contributed by atoms with E-state index in [0.29, 0.717) is 24.5 Å². The summed E-state index contributed by atoms with van der Waals surface area (Å²) in [7, 11) is 3.21. The number of benzene rings is 1. The number of nitrogens with one attached hydrogen (secondary N) is 2. The molecular formula is C19H21N5O3. The van der Waals surface area contributed by atoms with E-state index in [0.717, 1.165) is 28.3 Å². The predicted octanol–water partition coefficient (Wildman–Crippen LogP) is 2.45. The van der Waals surface area contributed by atoms with E-state index in [1.165, 1.54) is 0 Å². The molecular weight excluding hydrogens is 346 g/mol. The van der Waals surface area contributed by atoms with Crippen LogP contribution in [0.1, 0.15) is 34.9 Å². The van der Waals surface area contributed by atoms with Gasteiger partial charge in [0.15, 0.2) is 11.5 Å². The molecule has 140 valence electrons. The molecule has 4 rings (SSSR count). The van der Waals surface area contributed by atoms with E-state index in [1.54, 1.807) is 20.4 Å². The van der Waals surface area contributed by atoms with Crippen LogP contribution in [0.15, 0.2) is 30.5 Å². The lowest BCUT2D eigenvalue weighted by Crippen LogP contribution is -2.25. The zero-order valence-electron chi connectivity index (χ0n) is 15.4. The second-order valence-electron chi connectivity index (χ2n) is 6.51. The summed E-state index contributed by atoms with van der Waals surface area (Å²) in [5, 5.41) is 14.7. The normalized spacial score (nSPS) is 16.0. The number of aromatic amines is 1. The molecule has 8 nitrogen and oxygen atoms in total. The summed E-state index contributed by atoms with van der Waals surface area (Å²) in [6.07, 6.45) is 2.07. The van der Waals surface area contributed by atoms with Crippen LogP contribution in [0, 0.1) is 6.92 Å².